The van der Waals surface area contributed by atoms with Crippen LogP contribution in [-0.4, -0.2) is 21.2 Å². The molecule has 1 saturated carbocycles. The predicted molar refractivity (Wildman–Crippen MR) is 78.9 cm³/mol. The number of hydrogen-bond donors (Lipinski definition) is 2. The Labute approximate surface area is 125 Å². The van der Waals surface area contributed by atoms with E-state index in [4.69, 9.17) is 0 Å². The fourth-order valence-electron chi connectivity index (χ4n) is 2.73. The number of halogens is 2. The number of aliphatic hydroxyl groups excluding tert-OH is 1. The van der Waals surface area contributed by atoms with Crippen LogP contribution >= 0.6 is 15.9 Å². The summed E-state index contributed by atoms with van der Waals surface area (Å²) in [4.78, 5) is 7.62. The second kappa shape index (κ2) is 5.66. The summed E-state index contributed by atoms with van der Waals surface area (Å²) in [6.07, 6.45) is 4.98. The van der Waals surface area contributed by atoms with E-state index in [0.29, 0.717) is 17.2 Å². The summed E-state index contributed by atoms with van der Waals surface area (Å²) in [6, 6.07) is 4.87. The van der Waals surface area contributed by atoms with Crippen LogP contribution in [0, 0.1) is 5.82 Å². The molecule has 0 amide bonds. The van der Waals surface area contributed by atoms with Gasteiger partial charge in [0.15, 0.2) is 0 Å². The summed E-state index contributed by atoms with van der Waals surface area (Å²) in [5.74, 6) is 0.969. The molecule has 1 aromatic carbocycles. The Morgan fingerprint density at radius 1 is 1.25 bits per heavy atom. The van der Waals surface area contributed by atoms with Crippen LogP contribution in [0.1, 0.15) is 37.4 Å². The first-order valence-corrected chi connectivity index (χ1v) is 7.61. The maximum Gasteiger partial charge on any atom is 0.132 e. The van der Waals surface area contributed by atoms with Gasteiger partial charge in [0.2, 0.25) is 0 Å². The van der Waals surface area contributed by atoms with Crippen LogP contribution < -0.4 is 0 Å². The van der Waals surface area contributed by atoms with Crippen molar-refractivity contribution in [2.24, 2.45) is 0 Å². The Kier molecular flexibility index (Phi) is 3.89. The molecule has 0 saturated heterocycles. The molecule has 1 aromatic heterocycles. The first-order chi connectivity index (χ1) is 9.63. The van der Waals surface area contributed by atoms with Gasteiger partial charge >= 0.3 is 0 Å². The number of aromatic amines is 1. The molecule has 3 nitrogen and oxygen atoms in total. The van der Waals surface area contributed by atoms with E-state index in [1.54, 1.807) is 18.3 Å². The molecular weight excluding hydrogens is 323 g/mol. The van der Waals surface area contributed by atoms with Gasteiger partial charge in [0.05, 0.1) is 18.0 Å². The van der Waals surface area contributed by atoms with Crippen molar-refractivity contribution in [2.75, 3.05) is 0 Å². The quantitative estimate of drug-likeness (QED) is 0.869. The summed E-state index contributed by atoms with van der Waals surface area (Å²) in [5.41, 5.74) is 1.22. The second-order valence-electron chi connectivity index (χ2n) is 5.31. The van der Waals surface area contributed by atoms with E-state index in [1.807, 2.05) is 0 Å². The van der Waals surface area contributed by atoms with Gasteiger partial charge in [-0.05, 0) is 43.9 Å². The van der Waals surface area contributed by atoms with E-state index in [9.17, 15) is 9.50 Å². The van der Waals surface area contributed by atoms with E-state index in [1.165, 1.54) is 6.07 Å². The number of rotatable bonds is 2. The zero-order chi connectivity index (χ0) is 14.1. The molecule has 2 N–H and O–H groups in total. The number of nitrogens with zero attached hydrogens (tertiary/aromatic N) is 1. The van der Waals surface area contributed by atoms with E-state index in [0.717, 1.165) is 36.0 Å². The fraction of sp³-hybridized carbons (Fsp3) is 0.400. The molecule has 1 aliphatic rings. The van der Waals surface area contributed by atoms with Crippen LogP contribution in [0.2, 0.25) is 0 Å². The Balaban J connectivity index is 1.85. The molecule has 5 heteroatoms. The minimum Gasteiger partial charge on any atom is -0.393 e. The third-order valence-electron chi connectivity index (χ3n) is 3.90. The van der Waals surface area contributed by atoms with Crippen molar-refractivity contribution in [3.63, 3.8) is 0 Å². The summed E-state index contributed by atoms with van der Waals surface area (Å²) < 4.78 is 14.7. The molecule has 0 unspecified atom stereocenters. The number of hydrogen-bond acceptors (Lipinski definition) is 2. The van der Waals surface area contributed by atoms with Gasteiger partial charge in [-0.25, -0.2) is 9.37 Å². The van der Waals surface area contributed by atoms with Gasteiger partial charge in [-0.3, -0.25) is 0 Å². The molecule has 0 bridgehead atoms. The summed E-state index contributed by atoms with van der Waals surface area (Å²) in [7, 11) is 0. The maximum absolute atomic E-state index is 13.9. The third-order valence-corrected chi connectivity index (χ3v) is 4.39. The van der Waals surface area contributed by atoms with Gasteiger partial charge < -0.3 is 10.1 Å². The lowest BCUT2D eigenvalue weighted by Crippen LogP contribution is -2.17. The highest BCUT2D eigenvalue weighted by atomic mass is 79.9. The van der Waals surface area contributed by atoms with E-state index in [2.05, 4.69) is 25.9 Å². The van der Waals surface area contributed by atoms with Crippen molar-refractivity contribution >= 4 is 15.9 Å². The van der Waals surface area contributed by atoms with Crippen molar-refractivity contribution in [2.45, 2.75) is 37.7 Å². The van der Waals surface area contributed by atoms with Crippen LogP contribution in [0.4, 0.5) is 4.39 Å². The Morgan fingerprint density at radius 3 is 2.75 bits per heavy atom. The topological polar surface area (TPSA) is 48.9 Å². The zero-order valence-corrected chi connectivity index (χ0v) is 12.5. The van der Waals surface area contributed by atoms with Gasteiger partial charge in [0.1, 0.15) is 11.6 Å². The molecule has 0 atom stereocenters. The number of aliphatic hydroxyl groups is 1. The highest BCUT2D eigenvalue weighted by Gasteiger charge is 2.23. The third kappa shape index (κ3) is 2.79. The largest absolute Gasteiger partial charge is 0.393 e. The van der Waals surface area contributed by atoms with E-state index >= 15 is 0 Å². The predicted octanol–water partition coefficient (Wildman–Crippen LogP) is 4.00. The molecule has 2 aromatic rings. The normalized spacial score (nSPS) is 22.9. The molecular formula is C15H16BrFN2O. The molecule has 3 rings (SSSR count). The lowest BCUT2D eigenvalue weighted by Gasteiger charge is -2.23. The number of benzene rings is 1. The van der Waals surface area contributed by atoms with Crippen LogP contribution in [0.15, 0.2) is 28.9 Å². The standard InChI is InChI=1S/C15H16BrFN2O/c16-10-3-6-13(17)12(7-10)14-8-18-15(19-14)9-1-4-11(20)5-2-9/h3,6-9,11,20H,1-2,4-5H2,(H,18,19). The minimum absolute atomic E-state index is 0.178. The summed E-state index contributed by atoms with van der Waals surface area (Å²) in [5, 5.41) is 9.54. The lowest BCUT2D eigenvalue weighted by atomic mass is 9.87. The van der Waals surface area contributed by atoms with Crippen molar-refractivity contribution in [1.29, 1.82) is 0 Å². The second-order valence-corrected chi connectivity index (χ2v) is 6.23. The number of imidazole rings is 1. The Morgan fingerprint density at radius 2 is 2.00 bits per heavy atom. The molecule has 20 heavy (non-hydrogen) atoms. The Bertz CT molecular complexity index is 606. The van der Waals surface area contributed by atoms with Crippen LogP contribution in [-0.2, 0) is 0 Å². The van der Waals surface area contributed by atoms with E-state index < -0.39 is 0 Å². The minimum atomic E-state index is -0.262. The SMILES string of the molecule is OC1CCC(c2ncc(-c3cc(Br)ccc3F)[nH]2)CC1. The maximum atomic E-state index is 13.9. The molecule has 1 fully saturated rings. The summed E-state index contributed by atoms with van der Waals surface area (Å²) in [6.45, 7) is 0. The smallest absolute Gasteiger partial charge is 0.132 e. The molecule has 1 heterocycles. The van der Waals surface area contributed by atoms with Crippen LogP contribution in [0.25, 0.3) is 11.3 Å². The van der Waals surface area contributed by atoms with Gasteiger partial charge in [0.25, 0.3) is 0 Å². The van der Waals surface area contributed by atoms with Crippen LogP contribution in [0.3, 0.4) is 0 Å². The first-order valence-electron chi connectivity index (χ1n) is 6.82. The van der Waals surface area contributed by atoms with Gasteiger partial charge in [-0.1, -0.05) is 15.9 Å². The van der Waals surface area contributed by atoms with Crippen LogP contribution in [0.5, 0.6) is 0 Å². The van der Waals surface area contributed by atoms with Crippen molar-refractivity contribution in [1.82, 2.24) is 9.97 Å². The average molecular weight is 339 g/mol. The number of H-pyrrole nitrogens is 1. The highest BCUT2D eigenvalue weighted by molar-refractivity contribution is 9.10. The van der Waals surface area contributed by atoms with Crippen molar-refractivity contribution in [3.8, 4) is 11.3 Å². The number of aromatic nitrogens is 2. The van der Waals surface area contributed by atoms with Gasteiger partial charge in [-0.15, -0.1) is 0 Å². The fourth-order valence-corrected chi connectivity index (χ4v) is 3.10. The Hall–Kier alpha value is -1.20. The van der Waals surface area contributed by atoms with E-state index in [-0.39, 0.29) is 11.9 Å². The molecule has 0 spiro atoms. The summed E-state index contributed by atoms with van der Waals surface area (Å²) >= 11 is 3.35. The van der Waals surface area contributed by atoms with Gasteiger partial charge in [0, 0.05) is 16.0 Å². The molecule has 0 aliphatic heterocycles. The average Bonchev–Trinajstić information content (AvgIpc) is 2.92. The molecule has 1 aliphatic carbocycles. The zero-order valence-electron chi connectivity index (χ0n) is 10.9. The first kappa shape index (κ1) is 13.8. The highest BCUT2D eigenvalue weighted by Crippen LogP contribution is 2.33. The van der Waals surface area contributed by atoms with Crippen molar-refractivity contribution in [3.05, 3.63) is 40.5 Å². The van der Waals surface area contributed by atoms with Gasteiger partial charge in [-0.2, -0.15) is 0 Å². The number of nitrogens with one attached hydrogen (secondary N) is 1. The monoisotopic (exact) mass is 338 g/mol. The van der Waals surface area contributed by atoms with Crippen molar-refractivity contribution < 1.29 is 9.50 Å². The molecule has 106 valence electrons. The molecule has 0 radical (unpaired) electrons. The lowest BCUT2D eigenvalue weighted by molar-refractivity contribution is 0.121.